The van der Waals surface area contributed by atoms with Gasteiger partial charge in [-0.1, -0.05) is 29.5 Å². The molecular weight excluding hydrogens is 436 g/mol. The predicted molar refractivity (Wildman–Crippen MR) is 134 cm³/mol. The topological polar surface area (TPSA) is 96.1 Å². The zero-order valence-corrected chi connectivity index (χ0v) is 20.4. The van der Waals surface area contributed by atoms with E-state index in [1.807, 2.05) is 84.1 Å². The lowest BCUT2D eigenvalue weighted by atomic mass is 9.94. The van der Waals surface area contributed by atoms with E-state index >= 15 is 0 Å². The third-order valence-electron chi connectivity index (χ3n) is 4.77. The van der Waals surface area contributed by atoms with Crippen molar-refractivity contribution in [2.45, 2.75) is 52.7 Å². The predicted octanol–water partition coefficient (Wildman–Crippen LogP) is 6.32. The summed E-state index contributed by atoms with van der Waals surface area (Å²) in [5.74, 6) is -0.151. The van der Waals surface area contributed by atoms with Gasteiger partial charge < -0.3 is 15.0 Å². The first kappa shape index (κ1) is 22.8. The number of nitrogens with zero attached hydrogens (tertiary/aromatic N) is 1. The van der Waals surface area contributed by atoms with Crippen LogP contribution in [0.15, 0.2) is 42.6 Å². The van der Waals surface area contributed by atoms with Crippen LogP contribution >= 0.6 is 11.3 Å². The minimum Gasteiger partial charge on any atom is -0.444 e. The maximum absolute atomic E-state index is 13.4. The first-order valence-electron chi connectivity index (χ1n) is 10.7. The van der Waals surface area contributed by atoms with Crippen LogP contribution in [-0.4, -0.2) is 33.1 Å². The number of H-pyrrole nitrogens is 1. The number of thiazole rings is 1. The van der Waals surface area contributed by atoms with Crippen LogP contribution in [0.4, 0.5) is 9.93 Å². The fourth-order valence-corrected chi connectivity index (χ4v) is 4.49. The highest BCUT2D eigenvalue weighted by atomic mass is 32.1. The Balaban J connectivity index is 1.81. The summed E-state index contributed by atoms with van der Waals surface area (Å²) in [5, 5.41) is 7.09. The minimum atomic E-state index is -0.604. The normalized spacial score (nSPS) is 12.2. The highest BCUT2D eigenvalue weighted by molar-refractivity contribution is 7.22. The summed E-state index contributed by atoms with van der Waals surface area (Å²) < 4.78 is 6.25. The maximum Gasteiger partial charge on any atom is 0.413 e. The van der Waals surface area contributed by atoms with Gasteiger partial charge in [-0.3, -0.25) is 10.1 Å². The van der Waals surface area contributed by atoms with Crippen molar-refractivity contribution in [3.05, 3.63) is 48.2 Å². The van der Waals surface area contributed by atoms with Crippen molar-refractivity contribution in [2.24, 2.45) is 0 Å². The molecule has 7 nitrogen and oxygen atoms in total. The molecule has 0 saturated heterocycles. The van der Waals surface area contributed by atoms with Gasteiger partial charge in [0.15, 0.2) is 5.13 Å². The molecule has 4 aromatic rings. The summed E-state index contributed by atoms with van der Waals surface area (Å²) in [6.45, 7) is 11.3. The summed E-state index contributed by atoms with van der Waals surface area (Å²) in [5.41, 5.74) is 2.80. The van der Waals surface area contributed by atoms with Crippen molar-refractivity contribution in [1.29, 1.82) is 0 Å². The molecule has 0 aliphatic heterocycles. The SMILES string of the molecule is CC(C)(C)NC(=O)c1c(-c2cccc3sc(NC(=O)OC(C)(C)C)nc23)ccc2[nH]ccc12. The number of amides is 2. The Morgan fingerprint density at radius 3 is 2.45 bits per heavy atom. The van der Waals surface area contributed by atoms with E-state index < -0.39 is 11.7 Å². The monoisotopic (exact) mass is 464 g/mol. The number of fused-ring (bicyclic) bond motifs is 2. The van der Waals surface area contributed by atoms with E-state index in [1.165, 1.54) is 11.3 Å². The Morgan fingerprint density at radius 1 is 1.00 bits per heavy atom. The molecular formula is C25H28N4O3S. The molecule has 0 aliphatic carbocycles. The third kappa shape index (κ3) is 5.01. The van der Waals surface area contributed by atoms with Crippen LogP contribution in [0, 0.1) is 0 Å². The second-order valence-electron chi connectivity index (χ2n) is 9.93. The lowest BCUT2D eigenvalue weighted by Crippen LogP contribution is -2.40. The van der Waals surface area contributed by atoms with Gasteiger partial charge in [0.2, 0.25) is 0 Å². The van der Waals surface area contributed by atoms with Crippen molar-refractivity contribution in [3.63, 3.8) is 0 Å². The van der Waals surface area contributed by atoms with Gasteiger partial charge in [0.25, 0.3) is 5.91 Å². The Hall–Kier alpha value is -3.39. The lowest BCUT2D eigenvalue weighted by molar-refractivity contribution is 0.0635. The number of nitrogens with one attached hydrogen (secondary N) is 3. The van der Waals surface area contributed by atoms with E-state index in [0.29, 0.717) is 16.2 Å². The van der Waals surface area contributed by atoms with Crippen LogP contribution < -0.4 is 10.6 Å². The molecule has 4 rings (SSSR count). The fourth-order valence-electron chi connectivity index (χ4n) is 3.62. The molecule has 0 radical (unpaired) electrons. The largest absolute Gasteiger partial charge is 0.444 e. The zero-order valence-electron chi connectivity index (χ0n) is 19.6. The summed E-state index contributed by atoms with van der Waals surface area (Å²) >= 11 is 1.36. The second kappa shape index (κ2) is 8.19. The number of ether oxygens (including phenoxy) is 1. The molecule has 0 atom stereocenters. The molecule has 2 heterocycles. The minimum absolute atomic E-state index is 0.151. The molecule has 0 spiro atoms. The molecule has 8 heteroatoms. The van der Waals surface area contributed by atoms with Gasteiger partial charge in [-0.25, -0.2) is 9.78 Å². The molecule has 2 aromatic carbocycles. The lowest BCUT2D eigenvalue weighted by Gasteiger charge is -2.22. The number of hydrogen-bond acceptors (Lipinski definition) is 5. The summed E-state index contributed by atoms with van der Waals surface area (Å²) in [6, 6.07) is 11.6. The van der Waals surface area contributed by atoms with Crippen molar-refractivity contribution in [3.8, 4) is 11.1 Å². The average molecular weight is 465 g/mol. The van der Waals surface area contributed by atoms with Gasteiger partial charge in [0.1, 0.15) is 5.60 Å². The Labute approximate surface area is 196 Å². The average Bonchev–Trinajstić information content (AvgIpc) is 3.29. The maximum atomic E-state index is 13.4. The quantitative estimate of drug-likeness (QED) is 0.330. The van der Waals surface area contributed by atoms with E-state index in [9.17, 15) is 9.59 Å². The summed E-state index contributed by atoms with van der Waals surface area (Å²) in [6.07, 6.45) is 1.27. The number of aromatic amines is 1. The molecule has 2 aromatic heterocycles. The summed E-state index contributed by atoms with van der Waals surface area (Å²) in [7, 11) is 0. The smallest absolute Gasteiger partial charge is 0.413 e. The van der Waals surface area contributed by atoms with E-state index in [4.69, 9.17) is 4.74 Å². The van der Waals surface area contributed by atoms with Crippen LogP contribution in [0.5, 0.6) is 0 Å². The van der Waals surface area contributed by atoms with Crippen molar-refractivity contribution in [1.82, 2.24) is 15.3 Å². The van der Waals surface area contributed by atoms with E-state index in [2.05, 4.69) is 20.6 Å². The Morgan fingerprint density at radius 2 is 1.76 bits per heavy atom. The molecule has 0 saturated carbocycles. The van der Waals surface area contributed by atoms with Crippen LogP contribution in [0.3, 0.4) is 0 Å². The van der Waals surface area contributed by atoms with Crippen molar-refractivity contribution >= 4 is 49.6 Å². The third-order valence-corrected chi connectivity index (χ3v) is 5.70. The van der Waals surface area contributed by atoms with Crippen molar-refractivity contribution < 1.29 is 14.3 Å². The van der Waals surface area contributed by atoms with Crippen LogP contribution in [0.2, 0.25) is 0 Å². The van der Waals surface area contributed by atoms with E-state index in [0.717, 1.165) is 26.7 Å². The number of rotatable bonds is 3. The number of anilines is 1. The molecule has 0 fully saturated rings. The second-order valence-corrected chi connectivity index (χ2v) is 11.0. The number of hydrogen-bond donors (Lipinski definition) is 3. The van der Waals surface area contributed by atoms with Gasteiger partial charge in [-0.2, -0.15) is 0 Å². The van der Waals surface area contributed by atoms with Gasteiger partial charge >= 0.3 is 6.09 Å². The first-order chi connectivity index (χ1) is 15.4. The fraction of sp³-hybridized carbons (Fsp3) is 0.320. The van der Waals surface area contributed by atoms with Crippen LogP contribution in [-0.2, 0) is 4.74 Å². The van der Waals surface area contributed by atoms with Gasteiger partial charge in [0, 0.05) is 28.2 Å². The number of aromatic nitrogens is 2. The first-order valence-corrected chi connectivity index (χ1v) is 11.6. The number of carbonyl (C=O) groups is 2. The van der Waals surface area contributed by atoms with Crippen LogP contribution in [0.25, 0.3) is 32.2 Å². The molecule has 2 amide bonds. The molecule has 172 valence electrons. The summed E-state index contributed by atoms with van der Waals surface area (Å²) in [4.78, 5) is 33.5. The standard InChI is InChI=1S/C25H28N4O3S/c1-24(2,3)29-21(30)19-14(10-11-17-16(19)12-13-26-17)15-8-7-9-18-20(15)27-22(33-18)28-23(31)32-25(4,5)6/h7-13,26H,1-6H3,(H,29,30)(H,27,28,31). The number of benzene rings is 2. The number of carbonyl (C=O) groups excluding carboxylic acids is 2. The van der Waals surface area contributed by atoms with E-state index in [-0.39, 0.29) is 11.4 Å². The van der Waals surface area contributed by atoms with Gasteiger partial charge in [0.05, 0.1) is 15.8 Å². The Kier molecular flexibility index (Phi) is 5.66. The number of para-hydroxylation sites is 1. The zero-order chi connectivity index (χ0) is 24.0. The highest BCUT2D eigenvalue weighted by Gasteiger charge is 2.24. The van der Waals surface area contributed by atoms with Crippen LogP contribution in [0.1, 0.15) is 51.9 Å². The molecule has 0 aliphatic rings. The molecule has 0 unspecified atom stereocenters. The molecule has 33 heavy (non-hydrogen) atoms. The Bertz CT molecular complexity index is 1360. The van der Waals surface area contributed by atoms with Crippen molar-refractivity contribution in [2.75, 3.05) is 5.32 Å². The highest BCUT2D eigenvalue weighted by Crippen LogP contribution is 2.37. The van der Waals surface area contributed by atoms with Gasteiger partial charge in [-0.05, 0) is 65.3 Å². The molecule has 0 bridgehead atoms. The van der Waals surface area contributed by atoms with E-state index in [1.54, 1.807) is 0 Å². The molecule has 3 N–H and O–H groups in total. The van der Waals surface area contributed by atoms with Gasteiger partial charge in [-0.15, -0.1) is 0 Å².